The average molecular weight is 308 g/mol. The molecule has 0 spiro atoms. The van der Waals surface area contributed by atoms with E-state index >= 15 is 0 Å². The smallest absolute Gasteiger partial charge is 0.347 e. The van der Waals surface area contributed by atoms with Gasteiger partial charge in [-0.25, -0.2) is 14.4 Å². The topological polar surface area (TPSA) is 78.9 Å². The highest BCUT2D eigenvalue weighted by molar-refractivity contribution is 6.14. The molecule has 0 aromatic heterocycles. The fourth-order valence-electron chi connectivity index (χ4n) is 2.48. The van der Waals surface area contributed by atoms with Crippen LogP contribution in [0.4, 0.5) is 0 Å². The van der Waals surface area contributed by atoms with Gasteiger partial charge < -0.3 is 14.2 Å². The molecular formula is C17H8O6. The van der Waals surface area contributed by atoms with Crippen molar-refractivity contribution >= 4 is 23.7 Å². The summed E-state index contributed by atoms with van der Waals surface area (Å²) in [5.41, 5.74) is 1.36. The fraction of sp³-hybridized carbons (Fsp3) is 0. The molecule has 0 aliphatic carbocycles. The van der Waals surface area contributed by atoms with Gasteiger partial charge in [-0.3, -0.25) is 0 Å². The minimum atomic E-state index is -0.697. The normalized spacial score (nSPS) is 15.1. The number of benzene rings is 2. The van der Waals surface area contributed by atoms with Gasteiger partial charge in [-0.05, 0) is 36.4 Å². The lowest BCUT2D eigenvalue weighted by molar-refractivity contribution is 0.0443. The molecule has 0 N–H and O–H groups in total. The number of esters is 3. The number of carbonyl (C=O) groups is 3. The van der Waals surface area contributed by atoms with Crippen molar-refractivity contribution in [3.8, 4) is 11.5 Å². The van der Waals surface area contributed by atoms with Crippen molar-refractivity contribution in [2.24, 2.45) is 0 Å². The molecule has 0 saturated carbocycles. The maximum absolute atomic E-state index is 11.5. The number of carbonyl (C=O) groups excluding carboxylic acids is 3. The minimum Gasteiger partial charge on any atom is -0.457 e. The van der Waals surface area contributed by atoms with E-state index in [4.69, 9.17) is 9.47 Å². The van der Waals surface area contributed by atoms with Crippen LogP contribution in [0.3, 0.4) is 0 Å². The third-order valence-electron chi connectivity index (χ3n) is 3.58. The zero-order chi connectivity index (χ0) is 16.1. The maximum Gasteiger partial charge on any atom is 0.347 e. The summed E-state index contributed by atoms with van der Waals surface area (Å²) in [5.74, 6) is -0.737. The second-order valence-corrected chi connectivity index (χ2v) is 5.01. The van der Waals surface area contributed by atoms with Crippen molar-refractivity contribution in [1.29, 1.82) is 0 Å². The summed E-state index contributed by atoms with van der Waals surface area (Å²) in [7, 11) is 0. The van der Waals surface area contributed by atoms with Crippen molar-refractivity contribution in [3.63, 3.8) is 0 Å². The monoisotopic (exact) mass is 308 g/mol. The van der Waals surface area contributed by atoms with E-state index in [0.29, 0.717) is 22.6 Å². The second-order valence-electron chi connectivity index (χ2n) is 5.01. The van der Waals surface area contributed by atoms with Crippen molar-refractivity contribution < 1.29 is 28.6 Å². The molecule has 0 saturated heterocycles. The summed E-state index contributed by atoms with van der Waals surface area (Å²) in [6.45, 7) is 3.66. The summed E-state index contributed by atoms with van der Waals surface area (Å²) in [4.78, 5) is 34.5. The molecular weight excluding hydrogens is 300 g/mol. The van der Waals surface area contributed by atoms with E-state index < -0.39 is 17.9 Å². The molecule has 2 aliphatic heterocycles. The van der Waals surface area contributed by atoms with E-state index in [1.165, 1.54) is 12.1 Å². The molecule has 0 amide bonds. The van der Waals surface area contributed by atoms with Crippen molar-refractivity contribution in [3.05, 3.63) is 65.2 Å². The Hall–Kier alpha value is -3.41. The van der Waals surface area contributed by atoms with Gasteiger partial charge in [-0.1, -0.05) is 6.58 Å². The molecule has 112 valence electrons. The van der Waals surface area contributed by atoms with Crippen LogP contribution in [0.2, 0.25) is 0 Å². The van der Waals surface area contributed by atoms with E-state index in [9.17, 15) is 14.4 Å². The highest BCUT2D eigenvalue weighted by atomic mass is 16.6. The number of fused-ring (bicyclic) bond motifs is 2. The summed E-state index contributed by atoms with van der Waals surface area (Å²) < 4.78 is 15.1. The van der Waals surface area contributed by atoms with E-state index in [2.05, 4.69) is 11.3 Å². The van der Waals surface area contributed by atoms with Crippen LogP contribution in [-0.2, 0) is 9.47 Å². The van der Waals surface area contributed by atoms with Crippen molar-refractivity contribution in [1.82, 2.24) is 0 Å². The van der Waals surface area contributed by atoms with Crippen LogP contribution in [0.25, 0.3) is 5.76 Å². The number of ether oxygens (including phenoxy) is 3. The predicted octanol–water partition coefficient (Wildman–Crippen LogP) is 2.93. The first-order valence-electron chi connectivity index (χ1n) is 6.67. The molecule has 0 bridgehead atoms. The number of hydrogen-bond donors (Lipinski definition) is 0. The Kier molecular flexibility index (Phi) is 2.62. The zero-order valence-electron chi connectivity index (χ0n) is 11.6. The average Bonchev–Trinajstić information content (AvgIpc) is 2.96. The molecule has 2 aliphatic rings. The van der Waals surface area contributed by atoms with Crippen molar-refractivity contribution in [2.75, 3.05) is 0 Å². The Morgan fingerprint density at radius 1 is 0.696 bits per heavy atom. The minimum absolute atomic E-state index is 0.164. The number of rotatable bonds is 2. The van der Waals surface area contributed by atoms with E-state index in [1.807, 2.05) is 0 Å². The molecule has 0 atom stereocenters. The lowest BCUT2D eigenvalue weighted by atomic mass is 10.1. The maximum atomic E-state index is 11.5. The zero-order valence-corrected chi connectivity index (χ0v) is 11.6. The van der Waals surface area contributed by atoms with E-state index in [0.717, 1.165) is 0 Å². The van der Waals surface area contributed by atoms with Gasteiger partial charge in [0.15, 0.2) is 0 Å². The summed E-state index contributed by atoms with van der Waals surface area (Å²) >= 11 is 0. The first kappa shape index (κ1) is 13.3. The van der Waals surface area contributed by atoms with Gasteiger partial charge in [0.2, 0.25) is 0 Å². The Morgan fingerprint density at radius 3 is 1.91 bits per heavy atom. The van der Waals surface area contributed by atoms with Crippen LogP contribution in [0, 0.1) is 0 Å². The number of hydrogen-bond acceptors (Lipinski definition) is 6. The molecule has 2 heterocycles. The first-order chi connectivity index (χ1) is 11.0. The molecule has 0 unspecified atom stereocenters. The second kappa shape index (κ2) is 4.54. The quantitative estimate of drug-likeness (QED) is 0.627. The molecule has 0 fully saturated rings. The summed E-state index contributed by atoms with van der Waals surface area (Å²) in [5, 5.41) is 0. The van der Waals surface area contributed by atoms with Gasteiger partial charge >= 0.3 is 17.9 Å². The van der Waals surface area contributed by atoms with Gasteiger partial charge in [0.25, 0.3) is 0 Å². The van der Waals surface area contributed by atoms with Crippen LogP contribution in [-0.4, -0.2) is 17.9 Å². The summed E-state index contributed by atoms with van der Waals surface area (Å²) in [6, 6.07) is 9.27. The van der Waals surface area contributed by atoms with Gasteiger partial charge in [-0.15, -0.1) is 0 Å². The van der Waals surface area contributed by atoms with Crippen molar-refractivity contribution in [2.45, 2.75) is 0 Å². The third kappa shape index (κ3) is 2.00. The molecule has 2 aromatic carbocycles. The van der Waals surface area contributed by atoms with Gasteiger partial charge in [-0.2, -0.15) is 0 Å². The Morgan fingerprint density at radius 2 is 1.22 bits per heavy atom. The molecule has 0 radical (unpaired) electrons. The van der Waals surface area contributed by atoms with Gasteiger partial charge in [0, 0.05) is 5.56 Å². The highest BCUT2D eigenvalue weighted by Gasteiger charge is 2.30. The van der Waals surface area contributed by atoms with E-state index in [1.54, 1.807) is 24.3 Å². The van der Waals surface area contributed by atoms with Crippen LogP contribution < -0.4 is 4.74 Å². The largest absolute Gasteiger partial charge is 0.457 e. The molecule has 2 aromatic rings. The molecule has 4 rings (SSSR count). The van der Waals surface area contributed by atoms with Crippen LogP contribution >= 0.6 is 0 Å². The predicted molar refractivity (Wildman–Crippen MR) is 77.2 cm³/mol. The summed E-state index contributed by atoms with van der Waals surface area (Å²) in [6.07, 6.45) is 0. The first-order valence-corrected chi connectivity index (χ1v) is 6.67. The van der Waals surface area contributed by atoms with Crippen LogP contribution in [0.5, 0.6) is 11.5 Å². The molecule has 23 heavy (non-hydrogen) atoms. The Bertz CT molecular complexity index is 849. The highest BCUT2D eigenvalue weighted by Crippen LogP contribution is 2.34. The Labute approximate surface area is 129 Å². The van der Waals surface area contributed by atoms with Gasteiger partial charge in [0.05, 0.1) is 16.7 Å². The van der Waals surface area contributed by atoms with E-state index in [-0.39, 0.29) is 16.9 Å². The van der Waals surface area contributed by atoms with Crippen LogP contribution in [0.1, 0.15) is 36.6 Å². The molecule has 6 heteroatoms. The Balaban J connectivity index is 1.68. The number of cyclic esters (lactones) is 3. The fourth-order valence-corrected chi connectivity index (χ4v) is 2.48. The lowest BCUT2D eigenvalue weighted by Gasteiger charge is -2.07. The SMILES string of the molecule is C=C1OC(=O)c2ccc(Oc3ccc4c(c3)C(=O)OC4=O)cc21. The standard InChI is InChI=1S/C17H8O6/c1-8-13-6-9(2-4-11(13)15(18)21-8)22-10-3-5-12-14(7-10)17(20)23-16(12)19/h2-7H,1H2. The lowest BCUT2D eigenvalue weighted by Crippen LogP contribution is -1.96. The molecule has 6 nitrogen and oxygen atoms in total. The van der Waals surface area contributed by atoms with Gasteiger partial charge in [0.1, 0.15) is 17.3 Å². The third-order valence-corrected chi connectivity index (χ3v) is 3.58. The van der Waals surface area contributed by atoms with Crippen LogP contribution in [0.15, 0.2) is 43.0 Å².